The number of benzene rings is 1. The second-order valence-corrected chi connectivity index (χ2v) is 8.95. The average molecular weight is 388 g/mol. The van der Waals surface area contributed by atoms with Gasteiger partial charge in [0.2, 0.25) is 0 Å². The molecule has 2 fully saturated rings. The number of carbonyl (C=O) groups is 2. The molecule has 3 unspecified atom stereocenters. The van der Waals surface area contributed by atoms with Crippen LogP contribution < -0.4 is 4.74 Å². The van der Waals surface area contributed by atoms with Gasteiger partial charge in [0.05, 0.1) is 12.5 Å². The van der Waals surface area contributed by atoms with E-state index in [-0.39, 0.29) is 11.5 Å². The van der Waals surface area contributed by atoms with Gasteiger partial charge in [-0.25, -0.2) is 4.79 Å². The molecule has 0 aromatic heterocycles. The van der Waals surface area contributed by atoms with Gasteiger partial charge in [0.25, 0.3) is 0 Å². The van der Waals surface area contributed by atoms with E-state index in [1.54, 1.807) is 6.07 Å². The maximum Gasteiger partial charge on any atom is 0.333 e. The van der Waals surface area contributed by atoms with Gasteiger partial charge in [0, 0.05) is 0 Å². The van der Waals surface area contributed by atoms with Crippen molar-refractivity contribution in [3.05, 3.63) is 29.3 Å². The second-order valence-electron chi connectivity index (χ2n) is 8.95. The molecule has 2 saturated carbocycles. The first kappa shape index (κ1) is 19.4. The van der Waals surface area contributed by atoms with Crippen LogP contribution in [-0.4, -0.2) is 39.5 Å². The Hall–Kier alpha value is -1.92. The number of carbonyl (C=O) groups excluding carboxylic acids is 1. The Kier molecular flexibility index (Phi) is 4.96. The summed E-state index contributed by atoms with van der Waals surface area (Å²) in [5, 5.41) is 28.5. The van der Waals surface area contributed by atoms with Crippen LogP contribution in [-0.2, 0) is 16.0 Å². The maximum absolute atomic E-state index is 11.8. The van der Waals surface area contributed by atoms with E-state index in [1.165, 1.54) is 11.1 Å². The third kappa shape index (κ3) is 3.22. The van der Waals surface area contributed by atoms with Crippen LogP contribution in [0.4, 0.5) is 0 Å². The number of rotatable bonds is 4. The summed E-state index contributed by atoms with van der Waals surface area (Å²) in [5.41, 5.74) is 2.57. The zero-order chi connectivity index (χ0) is 20.1. The first-order valence-corrected chi connectivity index (χ1v) is 10.2. The van der Waals surface area contributed by atoms with Crippen molar-refractivity contribution in [1.82, 2.24) is 0 Å². The SMILES string of the molecule is C[C@]12CCC3c4ccc(OC(=O)C[C@@H](O)C(=O)O)cc4CCC3C1CC[C@@H]2O. The van der Waals surface area contributed by atoms with E-state index in [2.05, 4.69) is 6.92 Å². The normalized spacial score (nSPS) is 34.7. The molecule has 28 heavy (non-hydrogen) atoms. The summed E-state index contributed by atoms with van der Waals surface area (Å²) in [6.07, 6.45) is 3.65. The highest BCUT2D eigenvalue weighted by Crippen LogP contribution is 2.60. The van der Waals surface area contributed by atoms with Crippen molar-refractivity contribution in [2.75, 3.05) is 0 Å². The molecule has 152 valence electrons. The number of esters is 1. The lowest BCUT2D eigenvalue weighted by molar-refractivity contribution is -0.152. The van der Waals surface area contributed by atoms with Gasteiger partial charge >= 0.3 is 11.9 Å². The van der Waals surface area contributed by atoms with Crippen molar-refractivity contribution in [1.29, 1.82) is 0 Å². The van der Waals surface area contributed by atoms with E-state index in [0.29, 0.717) is 23.5 Å². The molecule has 4 rings (SSSR count). The van der Waals surface area contributed by atoms with Crippen molar-refractivity contribution in [3.63, 3.8) is 0 Å². The van der Waals surface area contributed by atoms with E-state index in [9.17, 15) is 19.8 Å². The summed E-state index contributed by atoms with van der Waals surface area (Å²) in [6, 6.07) is 5.69. The van der Waals surface area contributed by atoms with Gasteiger partial charge < -0.3 is 20.1 Å². The third-order valence-electron chi connectivity index (χ3n) is 7.52. The molecule has 0 spiro atoms. The number of carboxylic acids is 1. The molecule has 6 nitrogen and oxygen atoms in total. The molecule has 6 heteroatoms. The smallest absolute Gasteiger partial charge is 0.333 e. The molecule has 0 heterocycles. The molecular weight excluding hydrogens is 360 g/mol. The minimum absolute atomic E-state index is 0.0547. The highest BCUT2D eigenvalue weighted by Gasteiger charge is 2.54. The Balaban J connectivity index is 1.49. The quantitative estimate of drug-likeness (QED) is 0.541. The highest BCUT2D eigenvalue weighted by molar-refractivity contribution is 5.81. The Labute approximate surface area is 164 Å². The fourth-order valence-electron chi connectivity index (χ4n) is 6.01. The lowest BCUT2D eigenvalue weighted by Crippen LogP contribution is -2.43. The molecule has 0 radical (unpaired) electrons. The van der Waals surface area contributed by atoms with Gasteiger partial charge in [-0.15, -0.1) is 0 Å². The van der Waals surface area contributed by atoms with Crippen molar-refractivity contribution in [2.45, 2.75) is 70.0 Å². The number of aliphatic carboxylic acids is 1. The van der Waals surface area contributed by atoms with Crippen molar-refractivity contribution < 1.29 is 29.6 Å². The average Bonchev–Trinajstić information content (AvgIpc) is 2.96. The van der Waals surface area contributed by atoms with Crippen molar-refractivity contribution in [2.24, 2.45) is 17.3 Å². The number of hydrogen-bond donors (Lipinski definition) is 3. The second kappa shape index (κ2) is 7.16. The van der Waals surface area contributed by atoms with E-state index in [4.69, 9.17) is 9.84 Å². The topological polar surface area (TPSA) is 104 Å². The summed E-state index contributed by atoms with van der Waals surface area (Å²) < 4.78 is 5.24. The van der Waals surface area contributed by atoms with Crippen molar-refractivity contribution >= 4 is 11.9 Å². The Morgan fingerprint density at radius 1 is 1.25 bits per heavy atom. The van der Waals surface area contributed by atoms with Crippen LogP contribution in [0.3, 0.4) is 0 Å². The zero-order valence-corrected chi connectivity index (χ0v) is 16.1. The summed E-state index contributed by atoms with van der Waals surface area (Å²) in [5.74, 6) is -0.124. The molecule has 0 bridgehead atoms. The molecule has 0 amide bonds. The molecule has 1 aromatic rings. The van der Waals surface area contributed by atoms with E-state index in [0.717, 1.165) is 38.5 Å². The summed E-state index contributed by atoms with van der Waals surface area (Å²) in [6.45, 7) is 2.26. The van der Waals surface area contributed by atoms with Gasteiger partial charge in [-0.1, -0.05) is 13.0 Å². The van der Waals surface area contributed by atoms with Crippen LogP contribution in [0.1, 0.15) is 62.5 Å². The third-order valence-corrected chi connectivity index (χ3v) is 7.52. The standard InChI is InChI=1S/C22H28O6/c1-22-9-8-15-14-5-3-13(28-20(25)11-18(23)21(26)27)10-12(14)2-4-16(15)17(22)6-7-19(22)24/h3,5,10,15-19,23-24H,2,4,6-9,11H2,1H3,(H,26,27)/t15?,16?,17?,18-,19+,22+/m1/s1. The minimum Gasteiger partial charge on any atom is -0.479 e. The summed E-state index contributed by atoms with van der Waals surface area (Å²) >= 11 is 0. The first-order chi connectivity index (χ1) is 13.3. The van der Waals surface area contributed by atoms with Gasteiger partial charge in [0.1, 0.15) is 5.75 Å². The number of hydrogen-bond acceptors (Lipinski definition) is 5. The number of aryl methyl sites for hydroxylation is 1. The van der Waals surface area contributed by atoms with Gasteiger partial charge in [-0.3, -0.25) is 4.79 Å². The molecule has 6 atom stereocenters. The molecule has 0 saturated heterocycles. The Morgan fingerprint density at radius 2 is 2.04 bits per heavy atom. The minimum atomic E-state index is -1.75. The number of ether oxygens (including phenoxy) is 1. The molecule has 0 aliphatic heterocycles. The lowest BCUT2D eigenvalue weighted by atomic mass is 9.55. The van der Waals surface area contributed by atoms with Crippen LogP contribution in [0.25, 0.3) is 0 Å². The predicted octanol–water partition coefficient (Wildman–Crippen LogP) is 2.64. The molecule has 1 aromatic carbocycles. The largest absolute Gasteiger partial charge is 0.479 e. The Bertz CT molecular complexity index is 789. The van der Waals surface area contributed by atoms with E-state index < -0.39 is 24.5 Å². The summed E-state index contributed by atoms with van der Waals surface area (Å²) in [4.78, 5) is 22.5. The molecule has 3 aliphatic rings. The van der Waals surface area contributed by atoms with E-state index >= 15 is 0 Å². The zero-order valence-electron chi connectivity index (χ0n) is 16.1. The molecule has 3 N–H and O–H groups in total. The summed E-state index contributed by atoms with van der Waals surface area (Å²) in [7, 11) is 0. The maximum atomic E-state index is 11.8. The van der Waals surface area contributed by atoms with Crippen LogP contribution in [0, 0.1) is 17.3 Å². The first-order valence-electron chi connectivity index (χ1n) is 10.2. The van der Waals surface area contributed by atoms with Crippen LogP contribution in [0.2, 0.25) is 0 Å². The van der Waals surface area contributed by atoms with Gasteiger partial charge in [-0.2, -0.15) is 0 Å². The van der Waals surface area contributed by atoms with Gasteiger partial charge in [-0.05, 0) is 85.0 Å². The number of carboxylic acid groups (broad SMARTS) is 1. The molecular formula is C22H28O6. The monoisotopic (exact) mass is 388 g/mol. The van der Waals surface area contributed by atoms with Crippen LogP contribution in [0.5, 0.6) is 5.75 Å². The highest BCUT2D eigenvalue weighted by atomic mass is 16.5. The number of aliphatic hydroxyl groups is 2. The molecule has 3 aliphatic carbocycles. The van der Waals surface area contributed by atoms with Crippen LogP contribution >= 0.6 is 0 Å². The lowest BCUT2D eigenvalue weighted by Gasteiger charge is -2.50. The van der Waals surface area contributed by atoms with E-state index in [1.807, 2.05) is 12.1 Å². The predicted molar refractivity (Wildman–Crippen MR) is 101 cm³/mol. The number of aliphatic hydroxyl groups excluding tert-OH is 2. The fourth-order valence-corrected chi connectivity index (χ4v) is 6.01. The van der Waals surface area contributed by atoms with Crippen LogP contribution in [0.15, 0.2) is 18.2 Å². The van der Waals surface area contributed by atoms with Gasteiger partial charge in [0.15, 0.2) is 6.10 Å². The van der Waals surface area contributed by atoms with Crippen molar-refractivity contribution in [3.8, 4) is 5.75 Å². The Morgan fingerprint density at radius 3 is 2.79 bits per heavy atom. The number of fused-ring (bicyclic) bond motifs is 5. The fraction of sp³-hybridized carbons (Fsp3) is 0.636.